The average molecular weight is 201 g/mol. The fourth-order valence-electron chi connectivity index (χ4n) is 1.61. The van der Waals surface area contributed by atoms with Gasteiger partial charge in [0, 0.05) is 18.0 Å². The van der Waals surface area contributed by atoms with E-state index >= 15 is 0 Å². The smallest absolute Gasteiger partial charge is 0.109 e. The summed E-state index contributed by atoms with van der Waals surface area (Å²) in [5.41, 5.74) is 1.46. The van der Waals surface area contributed by atoms with E-state index in [2.05, 4.69) is 35.8 Å². The van der Waals surface area contributed by atoms with Crippen molar-refractivity contribution in [3.05, 3.63) is 0 Å². The van der Waals surface area contributed by atoms with E-state index in [0.717, 1.165) is 5.25 Å². The standard InChI is InChI=1S/C9H19NSSi/c1-10-8-6-5-7-9(8)11-12(2,3)4/h9H,5-7H2,1-4H3/b10-8+. The summed E-state index contributed by atoms with van der Waals surface area (Å²) in [6, 6.07) is 0. The van der Waals surface area contributed by atoms with E-state index in [1.807, 2.05) is 7.05 Å². The lowest BCUT2D eigenvalue weighted by atomic mass is 10.3. The minimum atomic E-state index is -0.944. The third-order valence-corrected chi connectivity index (χ3v) is 6.53. The van der Waals surface area contributed by atoms with Crippen LogP contribution >= 0.6 is 11.2 Å². The molecule has 0 radical (unpaired) electrons. The van der Waals surface area contributed by atoms with Crippen LogP contribution in [-0.4, -0.2) is 25.2 Å². The Hall–Kier alpha value is 0.237. The predicted octanol–water partition coefficient (Wildman–Crippen LogP) is 3.18. The van der Waals surface area contributed by atoms with Crippen LogP contribution in [0, 0.1) is 0 Å². The molecule has 70 valence electrons. The van der Waals surface area contributed by atoms with Crippen molar-refractivity contribution in [2.45, 2.75) is 44.2 Å². The molecule has 1 saturated carbocycles. The lowest BCUT2D eigenvalue weighted by molar-refractivity contribution is 0.895. The number of aliphatic imine (C=N–C) groups is 1. The Balaban J connectivity index is 2.52. The third-order valence-electron chi connectivity index (χ3n) is 2.05. The molecule has 0 amide bonds. The molecule has 3 heteroatoms. The van der Waals surface area contributed by atoms with Gasteiger partial charge in [0.2, 0.25) is 0 Å². The van der Waals surface area contributed by atoms with Crippen LogP contribution in [0.1, 0.15) is 19.3 Å². The molecule has 1 atom stereocenters. The number of hydrogen-bond acceptors (Lipinski definition) is 2. The molecular weight excluding hydrogens is 182 g/mol. The predicted molar refractivity (Wildman–Crippen MR) is 61.9 cm³/mol. The minimum Gasteiger partial charge on any atom is -0.296 e. The summed E-state index contributed by atoms with van der Waals surface area (Å²) in [6.45, 7) is 7.26. The second kappa shape index (κ2) is 3.96. The summed E-state index contributed by atoms with van der Waals surface area (Å²) in [5, 5.41) is 0.765. The first-order chi connectivity index (χ1) is 5.53. The van der Waals surface area contributed by atoms with Gasteiger partial charge in [0.1, 0.15) is 7.22 Å². The van der Waals surface area contributed by atoms with Gasteiger partial charge in [0.15, 0.2) is 0 Å². The molecule has 1 unspecified atom stereocenters. The van der Waals surface area contributed by atoms with Gasteiger partial charge >= 0.3 is 0 Å². The molecule has 1 rings (SSSR count). The van der Waals surface area contributed by atoms with E-state index in [9.17, 15) is 0 Å². The molecule has 0 aromatic heterocycles. The summed E-state index contributed by atoms with van der Waals surface area (Å²) in [7, 11) is 0.998. The van der Waals surface area contributed by atoms with Crippen LogP contribution in [0.25, 0.3) is 0 Å². The number of rotatable bonds is 2. The highest BCUT2D eigenvalue weighted by molar-refractivity contribution is 8.29. The minimum absolute atomic E-state index is 0.765. The maximum atomic E-state index is 4.37. The first-order valence-corrected chi connectivity index (χ1v) is 9.77. The molecule has 0 aromatic carbocycles. The topological polar surface area (TPSA) is 12.4 Å². The summed E-state index contributed by atoms with van der Waals surface area (Å²) in [4.78, 5) is 4.37. The zero-order chi connectivity index (χ0) is 9.19. The molecular formula is C9H19NSSi. The van der Waals surface area contributed by atoms with Crippen molar-refractivity contribution >= 4 is 24.1 Å². The summed E-state index contributed by atoms with van der Waals surface area (Å²) < 4.78 is 0. The molecule has 1 fully saturated rings. The Bertz CT molecular complexity index is 183. The Labute approximate surface area is 80.7 Å². The van der Waals surface area contributed by atoms with Crippen molar-refractivity contribution < 1.29 is 0 Å². The van der Waals surface area contributed by atoms with E-state index in [1.54, 1.807) is 0 Å². The van der Waals surface area contributed by atoms with Gasteiger partial charge < -0.3 is 0 Å². The Kier molecular flexibility index (Phi) is 3.41. The van der Waals surface area contributed by atoms with Gasteiger partial charge in [-0.15, -0.1) is 0 Å². The normalized spacial score (nSPS) is 28.3. The highest BCUT2D eigenvalue weighted by Gasteiger charge is 2.27. The molecule has 0 N–H and O–H groups in total. The molecule has 1 aliphatic carbocycles. The molecule has 0 bridgehead atoms. The van der Waals surface area contributed by atoms with E-state index in [4.69, 9.17) is 0 Å². The monoisotopic (exact) mass is 201 g/mol. The van der Waals surface area contributed by atoms with Crippen LogP contribution in [0.15, 0.2) is 4.99 Å². The van der Waals surface area contributed by atoms with Crippen LogP contribution < -0.4 is 0 Å². The molecule has 0 aliphatic heterocycles. The summed E-state index contributed by atoms with van der Waals surface area (Å²) >= 11 is 2.21. The van der Waals surface area contributed by atoms with E-state index in [1.165, 1.54) is 25.0 Å². The highest BCUT2D eigenvalue weighted by atomic mass is 32.4. The molecule has 1 aliphatic rings. The van der Waals surface area contributed by atoms with Gasteiger partial charge in [0.05, 0.1) is 0 Å². The van der Waals surface area contributed by atoms with Crippen molar-refractivity contribution in [3.8, 4) is 0 Å². The Morgan fingerprint density at radius 2 is 2.08 bits per heavy atom. The van der Waals surface area contributed by atoms with Crippen LogP contribution in [0.5, 0.6) is 0 Å². The maximum absolute atomic E-state index is 4.37. The number of nitrogens with zero attached hydrogens (tertiary/aromatic N) is 1. The van der Waals surface area contributed by atoms with Crippen LogP contribution in [0.3, 0.4) is 0 Å². The lowest BCUT2D eigenvalue weighted by Gasteiger charge is -2.20. The maximum Gasteiger partial charge on any atom is 0.109 e. The molecule has 12 heavy (non-hydrogen) atoms. The quantitative estimate of drug-likeness (QED) is 0.625. The second-order valence-corrected chi connectivity index (χ2v) is 13.7. The van der Waals surface area contributed by atoms with Gasteiger partial charge in [-0.05, 0) is 19.3 Å². The van der Waals surface area contributed by atoms with Crippen molar-refractivity contribution in [1.82, 2.24) is 0 Å². The summed E-state index contributed by atoms with van der Waals surface area (Å²) in [5.74, 6) is 0. The van der Waals surface area contributed by atoms with Crippen LogP contribution in [-0.2, 0) is 0 Å². The fraction of sp³-hybridized carbons (Fsp3) is 0.889. The van der Waals surface area contributed by atoms with E-state index in [-0.39, 0.29) is 0 Å². The largest absolute Gasteiger partial charge is 0.296 e. The molecule has 0 saturated heterocycles. The van der Waals surface area contributed by atoms with Gasteiger partial charge in [-0.1, -0.05) is 19.6 Å². The van der Waals surface area contributed by atoms with Gasteiger partial charge in [-0.25, -0.2) is 0 Å². The highest BCUT2D eigenvalue weighted by Crippen LogP contribution is 2.33. The lowest BCUT2D eigenvalue weighted by Crippen LogP contribution is -2.22. The van der Waals surface area contributed by atoms with Crippen molar-refractivity contribution in [1.29, 1.82) is 0 Å². The summed E-state index contributed by atoms with van der Waals surface area (Å²) in [6.07, 6.45) is 3.97. The molecule has 1 nitrogen and oxygen atoms in total. The van der Waals surface area contributed by atoms with Crippen LogP contribution in [0.2, 0.25) is 19.6 Å². The van der Waals surface area contributed by atoms with Gasteiger partial charge in [-0.2, -0.15) is 11.2 Å². The van der Waals surface area contributed by atoms with E-state index in [0.29, 0.717) is 0 Å². The van der Waals surface area contributed by atoms with Crippen molar-refractivity contribution in [3.63, 3.8) is 0 Å². The fourth-order valence-corrected chi connectivity index (χ4v) is 6.43. The zero-order valence-electron chi connectivity index (χ0n) is 8.55. The first-order valence-electron chi connectivity index (χ1n) is 4.66. The van der Waals surface area contributed by atoms with Gasteiger partial charge in [-0.3, -0.25) is 4.99 Å². The first kappa shape index (κ1) is 10.3. The Morgan fingerprint density at radius 1 is 1.42 bits per heavy atom. The van der Waals surface area contributed by atoms with Gasteiger partial charge in [0.25, 0.3) is 0 Å². The van der Waals surface area contributed by atoms with Crippen LogP contribution in [0.4, 0.5) is 0 Å². The average Bonchev–Trinajstić information content (AvgIpc) is 2.31. The van der Waals surface area contributed by atoms with Crippen molar-refractivity contribution in [2.24, 2.45) is 4.99 Å². The molecule has 0 spiro atoms. The molecule has 0 aromatic rings. The zero-order valence-corrected chi connectivity index (χ0v) is 10.4. The third kappa shape index (κ3) is 2.94. The molecule has 0 heterocycles. The van der Waals surface area contributed by atoms with Crippen molar-refractivity contribution in [2.75, 3.05) is 7.05 Å². The SMILES string of the molecule is C/N=C1\CCCC1S[Si](C)(C)C. The second-order valence-electron chi connectivity index (χ2n) is 4.33. The Morgan fingerprint density at radius 3 is 2.58 bits per heavy atom. The van der Waals surface area contributed by atoms with E-state index < -0.39 is 7.22 Å². The number of hydrogen-bond donors (Lipinski definition) is 0.